The largest absolute Gasteiger partial charge is 0.323 e. The smallest absolute Gasteiger partial charge is 0.275 e. The predicted molar refractivity (Wildman–Crippen MR) is 71.9 cm³/mol. The molecule has 6 nitrogen and oxygen atoms in total. The van der Waals surface area contributed by atoms with Crippen molar-refractivity contribution in [3.05, 3.63) is 46.8 Å². The molecule has 92 valence electrons. The molecule has 0 spiro atoms. The number of nitrogens with one attached hydrogen (secondary N) is 2. The zero-order valence-electron chi connectivity index (χ0n) is 9.22. The van der Waals surface area contributed by atoms with Crippen molar-refractivity contribution < 1.29 is 4.79 Å². The van der Waals surface area contributed by atoms with Gasteiger partial charge in [-0.2, -0.15) is 0 Å². The molecule has 0 saturated heterocycles. The molecule has 0 unspecified atom stereocenters. The summed E-state index contributed by atoms with van der Waals surface area (Å²) in [4.78, 5) is 19.9. The molecule has 7 heteroatoms. The third-order valence-corrected chi connectivity index (χ3v) is 2.79. The quantitative estimate of drug-likeness (QED) is 0.593. The van der Waals surface area contributed by atoms with E-state index in [-0.39, 0.29) is 11.6 Å². The summed E-state index contributed by atoms with van der Waals surface area (Å²) in [5.74, 6) is 5.33. The molecule has 0 aromatic carbocycles. The maximum Gasteiger partial charge on any atom is 0.275 e. The number of nitrogens with zero attached hydrogens (tertiary/aromatic N) is 2. The lowest BCUT2D eigenvalue weighted by molar-refractivity contribution is 0.102. The fraction of sp³-hybridized carbons (Fsp3) is 0. The lowest BCUT2D eigenvalue weighted by atomic mass is 10.3. The summed E-state index contributed by atoms with van der Waals surface area (Å²) in [6, 6.07) is 6.79. The van der Waals surface area contributed by atoms with Gasteiger partial charge in [-0.25, -0.2) is 9.97 Å². The lowest BCUT2D eigenvalue weighted by Gasteiger charge is -2.06. The van der Waals surface area contributed by atoms with Crippen LogP contribution < -0.4 is 16.6 Å². The monoisotopic (exact) mass is 307 g/mol. The number of nitrogen functional groups attached to an aromatic ring is 1. The SMILES string of the molecule is NNc1ccc(C(=O)Nc2ncccc2Br)nc1. The molecule has 0 atom stereocenters. The number of amides is 1. The molecule has 2 rings (SSSR count). The first kappa shape index (κ1) is 12.5. The van der Waals surface area contributed by atoms with E-state index >= 15 is 0 Å². The van der Waals surface area contributed by atoms with Crippen LogP contribution in [0, 0.1) is 0 Å². The summed E-state index contributed by atoms with van der Waals surface area (Å²) in [5.41, 5.74) is 3.35. The van der Waals surface area contributed by atoms with Gasteiger partial charge in [0, 0.05) is 6.20 Å². The molecule has 0 radical (unpaired) electrons. The third kappa shape index (κ3) is 2.82. The van der Waals surface area contributed by atoms with Crippen LogP contribution in [0.5, 0.6) is 0 Å². The Balaban J connectivity index is 2.14. The second kappa shape index (κ2) is 5.56. The molecular formula is C11H10BrN5O. The van der Waals surface area contributed by atoms with Gasteiger partial charge >= 0.3 is 0 Å². The Kier molecular flexibility index (Phi) is 3.85. The average molecular weight is 308 g/mol. The number of anilines is 2. The van der Waals surface area contributed by atoms with Crippen LogP contribution >= 0.6 is 15.9 Å². The Morgan fingerprint density at radius 3 is 2.72 bits per heavy atom. The first-order chi connectivity index (χ1) is 8.70. The number of hydrazine groups is 1. The molecule has 4 N–H and O–H groups in total. The number of rotatable bonds is 3. The van der Waals surface area contributed by atoms with Gasteiger partial charge in [0.25, 0.3) is 5.91 Å². The molecule has 2 heterocycles. The van der Waals surface area contributed by atoms with Crippen LogP contribution in [-0.4, -0.2) is 15.9 Å². The third-order valence-electron chi connectivity index (χ3n) is 2.15. The Labute approximate surface area is 112 Å². The molecule has 0 saturated carbocycles. The summed E-state index contributed by atoms with van der Waals surface area (Å²) >= 11 is 3.30. The van der Waals surface area contributed by atoms with E-state index < -0.39 is 0 Å². The van der Waals surface area contributed by atoms with Crippen LogP contribution in [0.4, 0.5) is 11.5 Å². The minimum Gasteiger partial charge on any atom is -0.323 e. The van der Waals surface area contributed by atoms with Gasteiger partial charge < -0.3 is 10.7 Å². The maximum absolute atomic E-state index is 11.9. The van der Waals surface area contributed by atoms with E-state index in [9.17, 15) is 4.79 Å². The fourth-order valence-corrected chi connectivity index (χ4v) is 1.62. The van der Waals surface area contributed by atoms with Crippen LogP contribution in [0.15, 0.2) is 41.1 Å². The Morgan fingerprint density at radius 1 is 1.28 bits per heavy atom. The van der Waals surface area contributed by atoms with E-state index in [1.165, 1.54) is 6.20 Å². The van der Waals surface area contributed by atoms with Crippen molar-refractivity contribution in [2.45, 2.75) is 0 Å². The fourth-order valence-electron chi connectivity index (χ4n) is 1.26. The van der Waals surface area contributed by atoms with Crippen LogP contribution in [0.25, 0.3) is 0 Å². The number of carbonyl (C=O) groups excluding carboxylic acids is 1. The molecule has 0 bridgehead atoms. The van der Waals surface area contributed by atoms with Crippen molar-refractivity contribution in [2.75, 3.05) is 10.7 Å². The van der Waals surface area contributed by atoms with Gasteiger partial charge in [-0.3, -0.25) is 10.6 Å². The number of halogens is 1. The Morgan fingerprint density at radius 2 is 2.11 bits per heavy atom. The van der Waals surface area contributed by atoms with E-state index in [1.54, 1.807) is 30.5 Å². The van der Waals surface area contributed by atoms with Gasteiger partial charge in [-0.15, -0.1) is 0 Å². The zero-order chi connectivity index (χ0) is 13.0. The van der Waals surface area contributed by atoms with Gasteiger partial charge in [-0.05, 0) is 40.2 Å². The predicted octanol–water partition coefficient (Wildman–Crippen LogP) is 1.78. The van der Waals surface area contributed by atoms with Crippen molar-refractivity contribution in [3.8, 4) is 0 Å². The topological polar surface area (TPSA) is 92.9 Å². The van der Waals surface area contributed by atoms with Crippen molar-refractivity contribution in [2.24, 2.45) is 5.84 Å². The van der Waals surface area contributed by atoms with Gasteiger partial charge in [0.15, 0.2) is 0 Å². The molecule has 0 aliphatic heterocycles. The van der Waals surface area contributed by atoms with Gasteiger partial charge in [0.1, 0.15) is 11.5 Å². The number of hydrogen-bond acceptors (Lipinski definition) is 5. The Hall–Kier alpha value is -1.99. The normalized spacial score (nSPS) is 9.89. The standard InChI is InChI=1S/C11H10BrN5O/c12-8-2-1-5-14-10(8)16-11(18)9-4-3-7(17-13)6-15-9/h1-6,17H,13H2,(H,14,16,18). The first-order valence-electron chi connectivity index (χ1n) is 5.05. The van der Waals surface area contributed by atoms with E-state index in [4.69, 9.17) is 5.84 Å². The van der Waals surface area contributed by atoms with E-state index in [2.05, 4.69) is 36.6 Å². The van der Waals surface area contributed by atoms with Crippen molar-refractivity contribution >= 4 is 33.3 Å². The van der Waals surface area contributed by atoms with Crippen molar-refractivity contribution in [1.29, 1.82) is 0 Å². The van der Waals surface area contributed by atoms with Crippen LogP contribution in [0.3, 0.4) is 0 Å². The van der Waals surface area contributed by atoms with Crippen molar-refractivity contribution in [3.63, 3.8) is 0 Å². The summed E-state index contributed by atoms with van der Waals surface area (Å²) in [7, 11) is 0. The molecule has 0 aliphatic carbocycles. The minimum absolute atomic E-state index is 0.284. The van der Waals surface area contributed by atoms with E-state index in [0.29, 0.717) is 16.0 Å². The summed E-state index contributed by atoms with van der Waals surface area (Å²) < 4.78 is 0.707. The molecule has 0 aliphatic rings. The molecular weight excluding hydrogens is 298 g/mol. The Bertz CT molecular complexity index is 558. The molecule has 18 heavy (non-hydrogen) atoms. The highest BCUT2D eigenvalue weighted by Gasteiger charge is 2.09. The van der Waals surface area contributed by atoms with Crippen LogP contribution in [-0.2, 0) is 0 Å². The summed E-state index contributed by atoms with van der Waals surface area (Å²) in [5, 5.41) is 2.65. The minimum atomic E-state index is -0.335. The maximum atomic E-state index is 11.9. The highest BCUT2D eigenvalue weighted by atomic mass is 79.9. The van der Waals surface area contributed by atoms with Crippen LogP contribution in [0.1, 0.15) is 10.5 Å². The summed E-state index contributed by atoms with van der Waals surface area (Å²) in [6.45, 7) is 0. The van der Waals surface area contributed by atoms with Gasteiger partial charge in [0.05, 0.1) is 16.4 Å². The first-order valence-corrected chi connectivity index (χ1v) is 5.84. The highest BCUT2D eigenvalue weighted by molar-refractivity contribution is 9.10. The number of carbonyl (C=O) groups is 1. The molecule has 0 fully saturated rings. The highest BCUT2D eigenvalue weighted by Crippen LogP contribution is 2.18. The van der Waals surface area contributed by atoms with Gasteiger partial charge in [0.2, 0.25) is 0 Å². The number of hydrogen-bond donors (Lipinski definition) is 3. The van der Waals surface area contributed by atoms with E-state index in [0.717, 1.165) is 0 Å². The summed E-state index contributed by atoms with van der Waals surface area (Å²) in [6.07, 6.45) is 3.07. The van der Waals surface area contributed by atoms with Crippen molar-refractivity contribution in [1.82, 2.24) is 9.97 Å². The molecule has 1 amide bonds. The average Bonchev–Trinajstić information content (AvgIpc) is 2.41. The van der Waals surface area contributed by atoms with Crippen LogP contribution in [0.2, 0.25) is 0 Å². The number of aromatic nitrogens is 2. The number of nitrogens with two attached hydrogens (primary N) is 1. The lowest BCUT2D eigenvalue weighted by Crippen LogP contribution is -2.15. The second-order valence-corrected chi connectivity index (χ2v) is 4.22. The molecule has 2 aromatic rings. The second-order valence-electron chi connectivity index (χ2n) is 3.36. The molecule has 2 aromatic heterocycles. The zero-order valence-corrected chi connectivity index (χ0v) is 10.8. The number of pyridine rings is 2. The van der Waals surface area contributed by atoms with Gasteiger partial charge in [-0.1, -0.05) is 0 Å². The van der Waals surface area contributed by atoms with E-state index in [1.807, 2.05) is 0 Å².